The Morgan fingerprint density at radius 1 is 0.618 bits per heavy atom. The molecule has 168 valence electrons. The Bertz CT molecular complexity index is 1450. The van der Waals surface area contributed by atoms with Gasteiger partial charge in [-0.2, -0.15) is 0 Å². The topological polar surface area (TPSA) is 61.8 Å². The number of carbonyl (C=O) groups excluding carboxylic acids is 1. The lowest BCUT2D eigenvalue weighted by Crippen LogP contribution is -2.12. The van der Waals surface area contributed by atoms with Gasteiger partial charge in [0.25, 0.3) is 5.52 Å². The normalized spacial score (nSPS) is 11.3. The lowest BCUT2D eigenvalue weighted by Gasteiger charge is -2.21. The molecule has 0 atom stereocenters. The molecule has 0 aromatic heterocycles. The van der Waals surface area contributed by atoms with Crippen molar-refractivity contribution in [2.75, 3.05) is 7.11 Å². The SMILES string of the molecule is COc1ccc(C(=O)P(=O)(Oc2cccc3ccccc23)Oc2cccc3ccccc23)cc1. The Morgan fingerprint density at radius 2 is 1.09 bits per heavy atom. The van der Waals surface area contributed by atoms with E-state index in [-0.39, 0.29) is 5.56 Å². The zero-order chi connectivity index (χ0) is 23.5. The number of benzene rings is 5. The van der Waals surface area contributed by atoms with Crippen molar-refractivity contribution in [2.45, 2.75) is 0 Å². The van der Waals surface area contributed by atoms with Crippen LogP contribution in [-0.4, -0.2) is 12.6 Å². The van der Waals surface area contributed by atoms with Gasteiger partial charge < -0.3 is 13.8 Å². The minimum Gasteiger partial charge on any atom is -0.497 e. The molecule has 6 heteroatoms. The van der Waals surface area contributed by atoms with Gasteiger partial charge in [-0.15, -0.1) is 0 Å². The molecule has 0 aliphatic carbocycles. The van der Waals surface area contributed by atoms with E-state index >= 15 is 0 Å². The number of hydrogen-bond donors (Lipinski definition) is 0. The highest BCUT2D eigenvalue weighted by Gasteiger charge is 2.40. The van der Waals surface area contributed by atoms with Crippen molar-refractivity contribution in [1.82, 2.24) is 0 Å². The summed E-state index contributed by atoms with van der Waals surface area (Å²) in [5, 5.41) is 3.26. The van der Waals surface area contributed by atoms with Gasteiger partial charge in [-0.1, -0.05) is 72.8 Å². The fraction of sp³-hybridized carbons (Fsp3) is 0.0357. The maximum Gasteiger partial charge on any atom is 0.503 e. The molecule has 0 spiro atoms. The van der Waals surface area contributed by atoms with E-state index < -0.39 is 13.1 Å². The van der Waals surface area contributed by atoms with E-state index in [1.165, 1.54) is 7.11 Å². The summed E-state index contributed by atoms with van der Waals surface area (Å²) in [6.07, 6.45) is 0. The molecular formula is C28H21O5P. The maximum absolute atomic E-state index is 14.3. The molecular weight excluding hydrogens is 447 g/mol. The molecule has 5 aromatic carbocycles. The van der Waals surface area contributed by atoms with Crippen LogP contribution in [0.5, 0.6) is 17.2 Å². The van der Waals surface area contributed by atoms with Crippen LogP contribution in [0.15, 0.2) is 109 Å². The van der Waals surface area contributed by atoms with Crippen LogP contribution in [0.3, 0.4) is 0 Å². The summed E-state index contributed by atoms with van der Waals surface area (Å²) < 4.78 is 31.4. The molecule has 0 amide bonds. The average molecular weight is 468 g/mol. The molecule has 0 saturated heterocycles. The number of ether oxygens (including phenoxy) is 1. The quantitative estimate of drug-likeness (QED) is 0.232. The van der Waals surface area contributed by atoms with Crippen LogP contribution >= 0.6 is 7.60 Å². The summed E-state index contributed by atoms with van der Waals surface area (Å²) in [7, 11) is -2.85. The summed E-state index contributed by atoms with van der Waals surface area (Å²) in [6, 6.07) is 32.2. The summed E-state index contributed by atoms with van der Waals surface area (Å²) in [5.74, 6) is 1.20. The number of fused-ring (bicyclic) bond motifs is 2. The third kappa shape index (κ3) is 4.14. The Labute approximate surface area is 197 Å². The standard InChI is InChI=1S/C28H21O5P/c1-31-23-18-16-22(17-19-23)28(29)34(30,32-26-14-6-10-20-8-2-4-12-24(20)26)33-27-15-7-11-21-9-3-5-13-25(21)27/h2-19H,1H3. The van der Waals surface area contributed by atoms with Gasteiger partial charge in [-0.25, -0.2) is 4.57 Å². The van der Waals surface area contributed by atoms with E-state index in [9.17, 15) is 9.36 Å². The van der Waals surface area contributed by atoms with Crippen molar-refractivity contribution in [2.24, 2.45) is 0 Å². The summed E-state index contributed by atoms with van der Waals surface area (Å²) in [5.41, 5.74) is -0.541. The molecule has 0 aliphatic heterocycles. The molecule has 0 unspecified atom stereocenters. The highest BCUT2D eigenvalue weighted by atomic mass is 31.2. The molecule has 0 bridgehead atoms. The van der Waals surface area contributed by atoms with Gasteiger partial charge >= 0.3 is 7.60 Å². The van der Waals surface area contributed by atoms with Crippen molar-refractivity contribution in [3.63, 3.8) is 0 Å². The Balaban J connectivity index is 1.62. The second kappa shape index (κ2) is 9.05. The van der Waals surface area contributed by atoms with Gasteiger partial charge in [0.05, 0.1) is 7.11 Å². The van der Waals surface area contributed by atoms with Crippen LogP contribution in [0.25, 0.3) is 21.5 Å². The largest absolute Gasteiger partial charge is 0.503 e. The van der Waals surface area contributed by atoms with Gasteiger partial charge in [0.15, 0.2) is 0 Å². The fourth-order valence-corrected chi connectivity index (χ4v) is 5.31. The van der Waals surface area contributed by atoms with E-state index in [0.29, 0.717) is 17.2 Å². The first-order valence-electron chi connectivity index (χ1n) is 10.7. The third-order valence-corrected chi connectivity index (χ3v) is 7.15. The molecule has 5 aromatic rings. The summed E-state index contributed by atoms with van der Waals surface area (Å²) >= 11 is 0. The predicted octanol–water partition coefficient (Wildman–Crippen LogP) is 7.49. The zero-order valence-electron chi connectivity index (χ0n) is 18.4. The van der Waals surface area contributed by atoms with Gasteiger partial charge in [0.2, 0.25) is 0 Å². The lowest BCUT2D eigenvalue weighted by atomic mass is 10.1. The Morgan fingerprint density at radius 3 is 1.59 bits per heavy atom. The Kier molecular flexibility index (Phi) is 5.79. The molecule has 0 aliphatic rings. The first-order chi connectivity index (χ1) is 16.6. The first kappa shape index (κ1) is 21.7. The van der Waals surface area contributed by atoms with Crippen LogP contribution < -0.4 is 13.8 Å². The third-order valence-electron chi connectivity index (χ3n) is 5.52. The summed E-state index contributed by atoms with van der Waals surface area (Å²) in [4.78, 5) is 13.6. The molecule has 5 rings (SSSR count). The lowest BCUT2D eigenvalue weighted by molar-refractivity contribution is 0.104. The van der Waals surface area contributed by atoms with Crippen molar-refractivity contribution < 1.29 is 23.1 Å². The molecule has 0 saturated carbocycles. The van der Waals surface area contributed by atoms with Gasteiger partial charge in [-0.05, 0) is 47.2 Å². The van der Waals surface area contributed by atoms with Crippen LogP contribution in [0.1, 0.15) is 10.4 Å². The smallest absolute Gasteiger partial charge is 0.497 e. The van der Waals surface area contributed by atoms with E-state index in [2.05, 4.69) is 0 Å². The second-order valence-electron chi connectivity index (χ2n) is 7.67. The molecule has 0 N–H and O–H groups in total. The van der Waals surface area contributed by atoms with Crippen LogP contribution in [0.4, 0.5) is 0 Å². The van der Waals surface area contributed by atoms with Crippen molar-refractivity contribution >= 4 is 34.7 Å². The van der Waals surface area contributed by atoms with E-state index in [0.717, 1.165) is 21.5 Å². The molecule has 0 radical (unpaired) electrons. The van der Waals surface area contributed by atoms with Gasteiger partial charge in [0.1, 0.15) is 17.2 Å². The monoisotopic (exact) mass is 468 g/mol. The van der Waals surface area contributed by atoms with Crippen molar-refractivity contribution in [1.29, 1.82) is 0 Å². The number of hydrogen-bond acceptors (Lipinski definition) is 5. The van der Waals surface area contributed by atoms with Crippen LogP contribution in [0, 0.1) is 0 Å². The van der Waals surface area contributed by atoms with E-state index in [1.54, 1.807) is 48.5 Å². The zero-order valence-corrected chi connectivity index (χ0v) is 19.3. The first-order valence-corrected chi connectivity index (χ1v) is 12.3. The van der Waals surface area contributed by atoms with Crippen molar-refractivity contribution in [3.8, 4) is 17.2 Å². The van der Waals surface area contributed by atoms with Gasteiger partial charge in [-0.3, -0.25) is 4.79 Å². The number of carbonyl (C=O) groups is 1. The van der Waals surface area contributed by atoms with Crippen LogP contribution in [0.2, 0.25) is 0 Å². The van der Waals surface area contributed by atoms with E-state index in [4.69, 9.17) is 13.8 Å². The fourth-order valence-electron chi connectivity index (χ4n) is 3.80. The van der Waals surface area contributed by atoms with Crippen LogP contribution in [-0.2, 0) is 4.57 Å². The number of methoxy groups -OCH3 is 1. The number of rotatable bonds is 7. The highest BCUT2D eigenvalue weighted by Crippen LogP contribution is 2.53. The molecule has 5 nitrogen and oxygen atoms in total. The predicted molar refractivity (Wildman–Crippen MR) is 134 cm³/mol. The molecule has 0 heterocycles. The van der Waals surface area contributed by atoms with Gasteiger partial charge in [0, 0.05) is 16.3 Å². The minimum atomic E-state index is -4.39. The second-order valence-corrected chi connectivity index (χ2v) is 9.43. The van der Waals surface area contributed by atoms with E-state index in [1.807, 2.05) is 60.7 Å². The molecule has 34 heavy (non-hydrogen) atoms. The highest BCUT2D eigenvalue weighted by molar-refractivity contribution is 7.73. The Hall–Kier alpha value is -4.08. The van der Waals surface area contributed by atoms with Crippen molar-refractivity contribution in [3.05, 3.63) is 115 Å². The molecule has 0 fully saturated rings. The average Bonchev–Trinajstić information content (AvgIpc) is 2.89. The summed E-state index contributed by atoms with van der Waals surface area (Å²) in [6.45, 7) is 0. The minimum absolute atomic E-state index is 0.199. The maximum atomic E-state index is 14.3.